The molecule has 2 N–H and O–H groups in total. The molecular weight excluding hydrogens is 266 g/mol. The molecule has 0 radical (unpaired) electrons. The Morgan fingerprint density at radius 2 is 2.05 bits per heavy atom. The maximum Gasteiger partial charge on any atom is 0.264 e. The van der Waals surface area contributed by atoms with Crippen molar-refractivity contribution in [2.45, 2.75) is 26.5 Å². The molecular formula is C16H17N3O2. The fourth-order valence-corrected chi connectivity index (χ4v) is 2.29. The van der Waals surface area contributed by atoms with E-state index in [-0.39, 0.29) is 6.61 Å². The molecule has 5 heteroatoms. The van der Waals surface area contributed by atoms with E-state index in [0.717, 1.165) is 28.5 Å². The van der Waals surface area contributed by atoms with Crippen molar-refractivity contribution in [2.75, 3.05) is 0 Å². The van der Waals surface area contributed by atoms with Crippen LogP contribution >= 0.6 is 0 Å². The van der Waals surface area contributed by atoms with Crippen LogP contribution in [0.15, 0.2) is 40.9 Å². The number of rotatable bonds is 5. The normalized spacial score (nSPS) is 11.0. The predicted molar refractivity (Wildman–Crippen MR) is 79.8 cm³/mol. The van der Waals surface area contributed by atoms with Gasteiger partial charge in [0.1, 0.15) is 5.75 Å². The first-order chi connectivity index (χ1) is 10.3. The standard InChI is InChI=1S/C16H17N3O2/c1-2-15-18-16(21-19-15)10-20-14-8-7-11-5-3-4-6-12(11)13(14)9-17/h3-8H,2,9-10,17H2,1H3. The molecule has 1 heterocycles. The van der Waals surface area contributed by atoms with Crippen LogP contribution in [0.3, 0.4) is 0 Å². The molecule has 0 aliphatic rings. The SMILES string of the molecule is CCc1noc(COc2ccc3ccccc3c2CN)n1. The summed E-state index contributed by atoms with van der Waals surface area (Å²) in [6.07, 6.45) is 0.744. The first-order valence-corrected chi connectivity index (χ1v) is 6.96. The average molecular weight is 283 g/mol. The lowest BCUT2D eigenvalue weighted by Crippen LogP contribution is -2.04. The molecule has 0 amide bonds. The second kappa shape index (κ2) is 5.93. The van der Waals surface area contributed by atoms with E-state index in [0.29, 0.717) is 18.3 Å². The zero-order valence-electron chi connectivity index (χ0n) is 11.9. The number of nitrogens with two attached hydrogens (primary N) is 1. The molecule has 0 aliphatic carbocycles. The number of aromatic nitrogens is 2. The molecule has 3 aromatic rings. The van der Waals surface area contributed by atoms with Crippen molar-refractivity contribution >= 4 is 10.8 Å². The minimum Gasteiger partial charge on any atom is -0.483 e. The molecule has 108 valence electrons. The van der Waals surface area contributed by atoms with Crippen molar-refractivity contribution in [3.05, 3.63) is 53.7 Å². The Labute approximate surface area is 122 Å². The Hall–Kier alpha value is -2.40. The highest BCUT2D eigenvalue weighted by Gasteiger charge is 2.10. The molecule has 0 atom stereocenters. The van der Waals surface area contributed by atoms with Crippen LogP contribution in [-0.2, 0) is 19.6 Å². The molecule has 5 nitrogen and oxygen atoms in total. The van der Waals surface area contributed by atoms with Crippen molar-refractivity contribution in [3.8, 4) is 5.75 Å². The summed E-state index contributed by atoms with van der Waals surface area (Å²) in [5.74, 6) is 1.92. The topological polar surface area (TPSA) is 74.2 Å². The predicted octanol–water partition coefficient (Wildman–Crippen LogP) is 2.82. The van der Waals surface area contributed by atoms with Gasteiger partial charge < -0.3 is 15.0 Å². The summed E-state index contributed by atoms with van der Waals surface area (Å²) in [7, 11) is 0. The van der Waals surface area contributed by atoms with Gasteiger partial charge in [0.15, 0.2) is 12.4 Å². The quantitative estimate of drug-likeness (QED) is 0.779. The molecule has 0 bridgehead atoms. The maximum atomic E-state index is 5.88. The third-order valence-electron chi connectivity index (χ3n) is 3.38. The Morgan fingerprint density at radius 1 is 1.19 bits per heavy atom. The van der Waals surface area contributed by atoms with Crippen LogP contribution in [0.4, 0.5) is 0 Å². The minimum absolute atomic E-state index is 0.248. The Bertz CT molecular complexity index is 752. The van der Waals surface area contributed by atoms with Crippen molar-refractivity contribution in [2.24, 2.45) is 5.73 Å². The minimum atomic E-state index is 0.248. The molecule has 0 aliphatic heterocycles. The lowest BCUT2D eigenvalue weighted by molar-refractivity contribution is 0.241. The first-order valence-electron chi connectivity index (χ1n) is 6.96. The van der Waals surface area contributed by atoms with Crippen molar-refractivity contribution < 1.29 is 9.26 Å². The van der Waals surface area contributed by atoms with Gasteiger partial charge in [-0.3, -0.25) is 0 Å². The summed E-state index contributed by atoms with van der Waals surface area (Å²) in [5.41, 5.74) is 6.87. The van der Waals surface area contributed by atoms with E-state index < -0.39 is 0 Å². The summed E-state index contributed by atoms with van der Waals surface area (Å²) in [4.78, 5) is 4.23. The fraction of sp³-hybridized carbons (Fsp3) is 0.250. The van der Waals surface area contributed by atoms with E-state index in [4.69, 9.17) is 15.0 Å². The molecule has 2 aromatic carbocycles. The van der Waals surface area contributed by atoms with Crippen LogP contribution < -0.4 is 10.5 Å². The van der Waals surface area contributed by atoms with Crippen LogP contribution in [0.25, 0.3) is 10.8 Å². The van der Waals surface area contributed by atoms with Gasteiger partial charge in [-0.25, -0.2) is 0 Å². The largest absolute Gasteiger partial charge is 0.483 e. The van der Waals surface area contributed by atoms with E-state index >= 15 is 0 Å². The molecule has 21 heavy (non-hydrogen) atoms. The van der Waals surface area contributed by atoms with E-state index in [2.05, 4.69) is 16.2 Å². The summed E-state index contributed by atoms with van der Waals surface area (Å²) in [6, 6.07) is 12.1. The maximum absolute atomic E-state index is 5.88. The monoisotopic (exact) mass is 283 g/mol. The highest BCUT2D eigenvalue weighted by Crippen LogP contribution is 2.28. The second-order valence-corrected chi connectivity index (χ2v) is 4.71. The highest BCUT2D eigenvalue weighted by molar-refractivity contribution is 5.87. The number of benzene rings is 2. The van der Waals surface area contributed by atoms with Gasteiger partial charge in [-0.05, 0) is 16.8 Å². The highest BCUT2D eigenvalue weighted by atomic mass is 16.5. The average Bonchev–Trinajstić information content (AvgIpc) is 3.00. The van der Waals surface area contributed by atoms with Crippen LogP contribution in [0.1, 0.15) is 24.2 Å². The van der Waals surface area contributed by atoms with E-state index in [9.17, 15) is 0 Å². The lowest BCUT2D eigenvalue weighted by Gasteiger charge is -2.11. The van der Waals surface area contributed by atoms with Gasteiger partial charge in [0.05, 0.1) is 0 Å². The Balaban J connectivity index is 1.86. The van der Waals surface area contributed by atoms with E-state index in [1.807, 2.05) is 37.3 Å². The van der Waals surface area contributed by atoms with Crippen molar-refractivity contribution in [1.82, 2.24) is 10.1 Å². The van der Waals surface area contributed by atoms with Gasteiger partial charge in [-0.1, -0.05) is 42.4 Å². The smallest absolute Gasteiger partial charge is 0.264 e. The van der Waals surface area contributed by atoms with Crippen LogP contribution in [0.2, 0.25) is 0 Å². The third kappa shape index (κ3) is 2.73. The van der Waals surface area contributed by atoms with E-state index in [1.165, 1.54) is 0 Å². The first kappa shape index (κ1) is 13.6. The molecule has 0 saturated carbocycles. The van der Waals surface area contributed by atoms with Crippen molar-refractivity contribution in [3.63, 3.8) is 0 Å². The summed E-state index contributed by atoms with van der Waals surface area (Å²) in [6.45, 7) is 2.64. The Kier molecular flexibility index (Phi) is 3.83. The third-order valence-corrected chi connectivity index (χ3v) is 3.38. The van der Waals surface area contributed by atoms with Crippen LogP contribution in [0.5, 0.6) is 5.75 Å². The lowest BCUT2D eigenvalue weighted by atomic mass is 10.0. The van der Waals surface area contributed by atoms with Gasteiger partial charge in [0.25, 0.3) is 5.89 Å². The van der Waals surface area contributed by atoms with Gasteiger partial charge in [-0.2, -0.15) is 4.98 Å². The summed E-state index contributed by atoms with van der Waals surface area (Å²) < 4.78 is 10.9. The van der Waals surface area contributed by atoms with Gasteiger partial charge >= 0.3 is 0 Å². The summed E-state index contributed by atoms with van der Waals surface area (Å²) >= 11 is 0. The van der Waals surface area contributed by atoms with E-state index in [1.54, 1.807) is 0 Å². The van der Waals surface area contributed by atoms with Crippen LogP contribution in [-0.4, -0.2) is 10.1 Å². The number of hydrogen-bond acceptors (Lipinski definition) is 5. The number of ether oxygens (including phenoxy) is 1. The number of aryl methyl sites for hydroxylation is 1. The number of fused-ring (bicyclic) bond motifs is 1. The second-order valence-electron chi connectivity index (χ2n) is 4.71. The fourth-order valence-electron chi connectivity index (χ4n) is 2.29. The zero-order chi connectivity index (χ0) is 14.7. The molecule has 0 saturated heterocycles. The van der Waals surface area contributed by atoms with Gasteiger partial charge in [0, 0.05) is 18.5 Å². The molecule has 1 aromatic heterocycles. The van der Waals surface area contributed by atoms with Gasteiger partial charge in [-0.15, -0.1) is 0 Å². The molecule has 0 unspecified atom stereocenters. The number of nitrogens with zero attached hydrogens (tertiary/aromatic N) is 2. The molecule has 0 spiro atoms. The molecule has 3 rings (SSSR count). The Morgan fingerprint density at radius 3 is 2.81 bits per heavy atom. The van der Waals surface area contributed by atoms with Gasteiger partial charge in [0.2, 0.25) is 0 Å². The summed E-state index contributed by atoms with van der Waals surface area (Å²) in [5, 5.41) is 6.11. The number of hydrogen-bond donors (Lipinski definition) is 1. The van der Waals surface area contributed by atoms with Crippen molar-refractivity contribution in [1.29, 1.82) is 0 Å². The van der Waals surface area contributed by atoms with Crippen LogP contribution in [0, 0.1) is 0 Å². The zero-order valence-corrected chi connectivity index (χ0v) is 11.9. The molecule has 0 fully saturated rings.